The summed E-state index contributed by atoms with van der Waals surface area (Å²) < 4.78 is 1.72. The molecule has 1 N–H and O–H groups in total. The standard InChI is InChI=1S/C14H24N4O2/c1-3-13-11-17(7-6-16(13)2)9-12-8-15-18(10-12)5-4-14(19)20/h8,10,13H,3-7,9,11H2,1-2H3,(H,19,20). The fourth-order valence-electron chi connectivity index (χ4n) is 2.67. The van der Waals surface area contributed by atoms with Crippen molar-refractivity contribution >= 4 is 5.97 Å². The topological polar surface area (TPSA) is 61.6 Å². The smallest absolute Gasteiger partial charge is 0.305 e. The van der Waals surface area contributed by atoms with E-state index in [0.717, 1.165) is 31.7 Å². The largest absolute Gasteiger partial charge is 0.481 e. The molecule has 2 heterocycles. The van der Waals surface area contributed by atoms with Crippen molar-refractivity contribution in [2.45, 2.75) is 38.9 Å². The summed E-state index contributed by atoms with van der Waals surface area (Å²) in [6.45, 7) is 6.84. The highest BCUT2D eigenvalue weighted by Crippen LogP contribution is 2.13. The van der Waals surface area contributed by atoms with Crippen LogP contribution in [0.2, 0.25) is 0 Å². The molecule has 1 unspecified atom stereocenters. The molecule has 20 heavy (non-hydrogen) atoms. The van der Waals surface area contributed by atoms with Gasteiger partial charge >= 0.3 is 5.97 Å². The van der Waals surface area contributed by atoms with Gasteiger partial charge in [-0.2, -0.15) is 5.10 Å². The predicted molar refractivity (Wildman–Crippen MR) is 76.5 cm³/mol. The molecular weight excluding hydrogens is 256 g/mol. The molecule has 1 atom stereocenters. The van der Waals surface area contributed by atoms with Gasteiger partial charge in [-0.15, -0.1) is 0 Å². The molecular formula is C14H24N4O2. The van der Waals surface area contributed by atoms with E-state index in [9.17, 15) is 4.79 Å². The Morgan fingerprint density at radius 3 is 3.00 bits per heavy atom. The normalized spacial score (nSPS) is 21.2. The van der Waals surface area contributed by atoms with Crippen LogP contribution in [0.4, 0.5) is 0 Å². The van der Waals surface area contributed by atoms with E-state index in [-0.39, 0.29) is 6.42 Å². The van der Waals surface area contributed by atoms with Crippen molar-refractivity contribution in [1.29, 1.82) is 0 Å². The van der Waals surface area contributed by atoms with E-state index in [1.807, 2.05) is 12.4 Å². The first kappa shape index (κ1) is 15.0. The maximum Gasteiger partial charge on any atom is 0.305 e. The number of aryl methyl sites for hydroxylation is 1. The van der Waals surface area contributed by atoms with E-state index in [4.69, 9.17) is 5.11 Å². The van der Waals surface area contributed by atoms with Gasteiger partial charge in [-0.25, -0.2) is 0 Å². The van der Waals surface area contributed by atoms with Crippen molar-refractivity contribution in [3.05, 3.63) is 18.0 Å². The van der Waals surface area contributed by atoms with E-state index in [1.165, 1.54) is 6.42 Å². The molecule has 0 radical (unpaired) electrons. The summed E-state index contributed by atoms with van der Waals surface area (Å²) in [5.74, 6) is -0.785. The van der Waals surface area contributed by atoms with Gasteiger partial charge in [-0.1, -0.05) is 6.92 Å². The number of piperazine rings is 1. The summed E-state index contributed by atoms with van der Waals surface area (Å²) in [6.07, 6.45) is 5.10. The number of rotatable bonds is 6. The Morgan fingerprint density at radius 1 is 1.50 bits per heavy atom. The summed E-state index contributed by atoms with van der Waals surface area (Å²) >= 11 is 0. The van der Waals surface area contributed by atoms with Crippen LogP contribution in [-0.2, 0) is 17.9 Å². The molecule has 0 aliphatic carbocycles. The maximum atomic E-state index is 10.5. The molecule has 1 saturated heterocycles. The van der Waals surface area contributed by atoms with Crippen molar-refractivity contribution < 1.29 is 9.90 Å². The van der Waals surface area contributed by atoms with Crippen LogP contribution in [0, 0.1) is 0 Å². The van der Waals surface area contributed by atoms with Crippen molar-refractivity contribution in [3.8, 4) is 0 Å². The fraction of sp³-hybridized carbons (Fsp3) is 0.714. The van der Waals surface area contributed by atoms with Gasteiger partial charge < -0.3 is 10.0 Å². The molecule has 2 rings (SSSR count). The number of aromatic nitrogens is 2. The van der Waals surface area contributed by atoms with E-state index < -0.39 is 5.97 Å². The third kappa shape index (κ3) is 4.05. The van der Waals surface area contributed by atoms with E-state index >= 15 is 0 Å². The highest BCUT2D eigenvalue weighted by atomic mass is 16.4. The number of carboxylic acids is 1. The van der Waals surface area contributed by atoms with Gasteiger partial charge in [0, 0.05) is 44.0 Å². The number of hydrogen-bond acceptors (Lipinski definition) is 4. The first-order valence-electron chi connectivity index (χ1n) is 7.24. The second-order valence-corrected chi connectivity index (χ2v) is 5.53. The second-order valence-electron chi connectivity index (χ2n) is 5.53. The summed E-state index contributed by atoms with van der Waals surface area (Å²) in [4.78, 5) is 15.4. The summed E-state index contributed by atoms with van der Waals surface area (Å²) in [5.41, 5.74) is 1.16. The molecule has 0 bridgehead atoms. The Labute approximate surface area is 120 Å². The van der Waals surface area contributed by atoms with Crippen LogP contribution in [0.25, 0.3) is 0 Å². The fourth-order valence-corrected chi connectivity index (χ4v) is 2.67. The highest BCUT2D eigenvalue weighted by molar-refractivity contribution is 5.66. The summed E-state index contributed by atoms with van der Waals surface area (Å²) in [5, 5.41) is 12.9. The van der Waals surface area contributed by atoms with Crippen LogP contribution in [0.15, 0.2) is 12.4 Å². The Bertz CT molecular complexity index is 446. The molecule has 0 spiro atoms. The lowest BCUT2D eigenvalue weighted by molar-refractivity contribution is -0.137. The van der Waals surface area contributed by atoms with Gasteiger partial charge in [0.05, 0.1) is 19.2 Å². The number of hydrogen-bond donors (Lipinski definition) is 1. The third-order valence-corrected chi connectivity index (χ3v) is 3.98. The zero-order chi connectivity index (χ0) is 14.5. The first-order chi connectivity index (χ1) is 9.58. The Kier molecular flexibility index (Phi) is 5.14. The summed E-state index contributed by atoms with van der Waals surface area (Å²) in [7, 11) is 2.19. The molecule has 0 aromatic carbocycles. The zero-order valence-electron chi connectivity index (χ0n) is 12.3. The van der Waals surface area contributed by atoms with Gasteiger partial charge in [0.15, 0.2) is 0 Å². The lowest BCUT2D eigenvalue weighted by Gasteiger charge is -2.39. The lowest BCUT2D eigenvalue weighted by atomic mass is 10.1. The number of aliphatic carboxylic acids is 1. The van der Waals surface area contributed by atoms with Crippen LogP contribution < -0.4 is 0 Å². The monoisotopic (exact) mass is 280 g/mol. The van der Waals surface area contributed by atoms with Gasteiger partial charge in [0.25, 0.3) is 0 Å². The molecule has 6 nitrogen and oxygen atoms in total. The lowest BCUT2D eigenvalue weighted by Crippen LogP contribution is -2.50. The number of carboxylic acid groups (broad SMARTS) is 1. The minimum atomic E-state index is -0.785. The minimum Gasteiger partial charge on any atom is -0.481 e. The van der Waals surface area contributed by atoms with E-state index in [0.29, 0.717) is 12.6 Å². The van der Waals surface area contributed by atoms with Crippen molar-refractivity contribution in [2.24, 2.45) is 0 Å². The molecule has 1 aromatic rings. The van der Waals surface area contributed by atoms with Crippen LogP contribution >= 0.6 is 0 Å². The Balaban J connectivity index is 1.85. The van der Waals surface area contributed by atoms with Crippen LogP contribution in [0.5, 0.6) is 0 Å². The van der Waals surface area contributed by atoms with Gasteiger partial charge in [-0.3, -0.25) is 14.4 Å². The number of likely N-dealkylation sites (N-methyl/N-ethyl adjacent to an activating group) is 1. The maximum absolute atomic E-state index is 10.5. The number of nitrogens with zero attached hydrogens (tertiary/aromatic N) is 4. The van der Waals surface area contributed by atoms with Crippen molar-refractivity contribution in [2.75, 3.05) is 26.7 Å². The van der Waals surface area contributed by atoms with Gasteiger partial charge in [0.2, 0.25) is 0 Å². The zero-order valence-corrected chi connectivity index (χ0v) is 12.3. The van der Waals surface area contributed by atoms with E-state index in [2.05, 4.69) is 28.9 Å². The Hall–Kier alpha value is -1.40. The van der Waals surface area contributed by atoms with Gasteiger partial charge in [-0.05, 0) is 13.5 Å². The Morgan fingerprint density at radius 2 is 2.30 bits per heavy atom. The van der Waals surface area contributed by atoms with Gasteiger partial charge in [0.1, 0.15) is 0 Å². The average molecular weight is 280 g/mol. The summed E-state index contributed by atoms with van der Waals surface area (Å²) in [6, 6.07) is 0.630. The second kappa shape index (κ2) is 6.85. The molecule has 1 fully saturated rings. The van der Waals surface area contributed by atoms with Crippen molar-refractivity contribution in [1.82, 2.24) is 19.6 Å². The first-order valence-corrected chi connectivity index (χ1v) is 7.24. The molecule has 0 amide bonds. The molecule has 6 heteroatoms. The molecule has 112 valence electrons. The highest BCUT2D eigenvalue weighted by Gasteiger charge is 2.22. The molecule has 1 aromatic heterocycles. The minimum absolute atomic E-state index is 0.119. The van der Waals surface area contributed by atoms with Crippen LogP contribution in [0.1, 0.15) is 25.3 Å². The third-order valence-electron chi connectivity index (χ3n) is 3.98. The average Bonchev–Trinajstić information content (AvgIpc) is 2.86. The van der Waals surface area contributed by atoms with E-state index in [1.54, 1.807) is 4.68 Å². The number of carbonyl (C=O) groups is 1. The SMILES string of the molecule is CCC1CN(Cc2cnn(CCC(=O)O)c2)CCN1C. The van der Waals surface area contributed by atoms with Crippen LogP contribution in [0.3, 0.4) is 0 Å². The predicted octanol–water partition coefficient (Wildman–Crippen LogP) is 0.884. The molecule has 0 saturated carbocycles. The van der Waals surface area contributed by atoms with Crippen molar-refractivity contribution in [3.63, 3.8) is 0 Å². The molecule has 1 aliphatic heterocycles. The quantitative estimate of drug-likeness (QED) is 0.838. The molecule has 1 aliphatic rings. The van der Waals surface area contributed by atoms with Crippen LogP contribution in [-0.4, -0.2) is 63.4 Å².